The summed E-state index contributed by atoms with van der Waals surface area (Å²) >= 11 is -1.43. The molecule has 0 bridgehead atoms. The lowest BCUT2D eigenvalue weighted by atomic mass is 10.1. The van der Waals surface area contributed by atoms with Crippen LogP contribution >= 0.6 is 0 Å². The summed E-state index contributed by atoms with van der Waals surface area (Å²) in [6, 6.07) is 10.9. The molecular formula is C19H22N4O3S. The molecule has 1 aromatic heterocycles. The van der Waals surface area contributed by atoms with Gasteiger partial charge in [-0.3, -0.25) is 4.68 Å². The van der Waals surface area contributed by atoms with Gasteiger partial charge in [0.25, 0.3) is 0 Å². The van der Waals surface area contributed by atoms with Crippen molar-refractivity contribution in [2.24, 2.45) is 7.05 Å². The molecule has 0 aliphatic rings. The quantitative estimate of drug-likeness (QED) is 0.478. The zero-order chi connectivity index (χ0) is 19.4. The summed E-state index contributed by atoms with van der Waals surface area (Å²) in [5, 5.41) is 4.17. The van der Waals surface area contributed by atoms with Crippen LogP contribution in [0.25, 0.3) is 11.1 Å². The van der Waals surface area contributed by atoms with Crippen LogP contribution < -0.4 is 19.9 Å². The lowest BCUT2D eigenvalue weighted by Gasteiger charge is -2.14. The number of hydrogen-bond donors (Lipinski definition) is 2. The maximum absolute atomic E-state index is 12.7. The number of benzene rings is 2. The summed E-state index contributed by atoms with van der Waals surface area (Å²) in [4.78, 5) is 0.598. The van der Waals surface area contributed by atoms with Crippen LogP contribution in [-0.2, 0) is 25.0 Å². The van der Waals surface area contributed by atoms with Crippen LogP contribution in [0.4, 0.5) is 5.69 Å². The zero-order valence-corrected chi connectivity index (χ0v) is 16.2. The first-order valence-corrected chi connectivity index (χ1v) is 9.41. The molecule has 7 nitrogen and oxygen atoms in total. The van der Waals surface area contributed by atoms with Crippen LogP contribution in [0.2, 0.25) is 0 Å². The molecule has 3 aromatic rings. The molecule has 3 rings (SSSR count). The van der Waals surface area contributed by atoms with Crippen molar-refractivity contribution in [3.05, 3.63) is 54.4 Å². The zero-order valence-electron chi connectivity index (χ0n) is 15.4. The molecule has 0 spiro atoms. The third-order valence-electron chi connectivity index (χ3n) is 4.07. The first-order chi connectivity index (χ1) is 13.0. The lowest BCUT2D eigenvalue weighted by molar-refractivity contribution is 0.390. The molecule has 0 fully saturated rings. The van der Waals surface area contributed by atoms with Gasteiger partial charge in [-0.1, -0.05) is 6.07 Å². The van der Waals surface area contributed by atoms with Crippen LogP contribution in [0.5, 0.6) is 11.5 Å². The van der Waals surface area contributed by atoms with E-state index in [-0.39, 0.29) is 0 Å². The number of nitrogen functional groups attached to an aromatic ring is 1. The molecule has 1 heterocycles. The molecule has 0 amide bonds. The highest BCUT2D eigenvalue weighted by Gasteiger charge is 2.16. The maximum atomic E-state index is 12.7. The number of aryl methyl sites for hydroxylation is 1. The Labute approximate surface area is 161 Å². The van der Waals surface area contributed by atoms with Crippen LogP contribution in [0.15, 0.2) is 53.7 Å². The van der Waals surface area contributed by atoms with Crippen molar-refractivity contribution in [2.45, 2.75) is 11.4 Å². The molecule has 0 saturated heterocycles. The highest BCUT2D eigenvalue weighted by Crippen LogP contribution is 2.27. The van der Waals surface area contributed by atoms with Crippen molar-refractivity contribution < 1.29 is 14.0 Å². The van der Waals surface area contributed by atoms with E-state index in [0.717, 1.165) is 16.7 Å². The first-order valence-electron chi connectivity index (χ1n) is 8.26. The topological polar surface area (TPSA) is 97.4 Å². The molecule has 1 unspecified atom stereocenters. The van der Waals surface area contributed by atoms with Gasteiger partial charge in [-0.15, -0.1) is 4.72 Å². The molecule has 8 heteroatoms. The largest absolute Gasteiger partial charge is 0.593 e. The fourth-order valence-corrected chi connectivity index (χ4v) is 3.62. The van der Waals surface area contributed by atoms with Crippen LogP contribution in [0.3, 0.4) is 0 Å². The second-order valence-electron chi connectivity index (χ2n) is 5.96. The Morgan fingerprint density at radius 1 is 1.15 bits per heavy atom. The van der Waals surface area contributed by atoms with Crippen molar-refractivity contribution in [3.8, 4) is 22.6 Å². The minimum atomic E-state index is -1.43. The maximum Gasteiger partial charge on any atom is 0.176 e. The third-order valence-corrected chi connectivity index (χ3v) is 5.14. The Balaban J connectivity index is 1.77. The van der Waals surface area contributed by atoms with Gasteiger partial charge in [-0.2, -0.15) is 5.10 Å². The van der Waals surface area contributed by atoms with Gasteiger partial charge in [0.2, 0.25) is 0 Å². The number of ether oxygens (including phenoxy) is 2. The van der Waals surface area contributed by atoms with E-state index in [2.05, 4.69) is 9.82 Å². The fraction of sp³-hybridized carbons (Fsp3) is 0.211. The van der Waals surface area contributed by atoms with E-state index in [9.17, 15) is 4.55 Å². The SMILES string of the molecule is COc1ccc(CN[S+]([O-])c2cc(N)cc(-c3cnn(C)c3)c2)c(OC)c1. The van der Waals surface area contributed by atoms with Crippen molar-refractivity contribution in [1.82, 2.24) is 14.5 Å². The standard InChI is InChI=1S/C19H22N4O3S/c1-23-12-15(10-21-23)14-6-16(20)8-18(7-14)27(24)22-11-13-4-5-17(25-2)9-19(13)26-3/h4-10,12,22H,11,20H2,1-3H3. The molecule has 3 N–H and O–H groups in total. The average molecular weight is 386 g/mol. The predicted molar refractivity (Wildman–Crippen MR) is 106 cm³/mol. The summed E-state index contributed by atoms with van der Waals surface area (Å²) in [5.41, 5.74) is 9.21. The van der Waals surface area contributed by atoms with E-state index in [1.807, 2.05) is 37.5 Å². The van der Waals surface area contributed by atoms with E-state index in [1.54, 1.807) is 37.2 Å². The molecule has 0 radical (unpaired) electrons. The van der Waals surface area contributed by atoms with Crippen molar-refractivity contribution in [2.75, 3.05) is 20.0 Å². The molecule has 0 aliphatic carbocycles. The molecule has 2 aromatic carbocycles. The summed E-state index contributed by atoms with van der Waals surface area (Å²) in [5.74, 6) is 1.37. The van der Waals surface area contributed by atoms with Gasteiger partial charge >= 0.3 is 0 Å². The minimum Gasteiger partial charge on any atom is -0.593 e. The van der Waals surface area contributed by atoms with Gasteiger partial charge in [0, 0.05) is 48.3 Å². The predicted octanol–water partition coefficient (Wildman–Crippen LogP) is 2.50. The van der Waals surface area contributed by atoms with E-state index in [0.29, 0.717) is 28.6 Å². The van der Waals surface area contributed by atoms with Gasteiger partial charge in [0.15, 0.2) is 4.90 Å². The second kappa shape index (κ2) is 8.34. The highest BCUT2D eigenvalue weighted by atomic mass is 32.2. The van der Waals surface area contributed by atoms with Crippen molar-refractivity contribution in [1.29, 1.82) is 0 Å². The Bertz CT molecular complexity index is 929. The number of anilines is 1. The number of nitrogens with zero attached hydrogens (tertiary/aromatic N) is 2. The van der Waals surface area contributed by atoms with E-state index >= 15 is 0 Å². The monoisotopic (exact) mass is 386 g/mol. The molecule has 142 valence electrons. The van der Waals surface area contributed by atoms with E-state index in [1.165, 1.54) is 0 Å². The van der Waals surface area contributed by atoms with Crippen LogP contribution in [0, 0.1) is 0 Å². The highest BCUT2D eigenvalue weighted by molar-refractivity contribution is 7.89. The Morgan fingerprint density at radius 3 is 2.63 bits per heavy atom. The van der Waals surface area contributed by atoms with Gasteiger partial charge in [0.1, 0.15) is 11.5 Å². The molecule has 1 atom stereocenters. The number of rotatable bonds is 7. The van der Waals surface area contributed by atoms with Crippen LogP contribution in [0.1, 0.15) is 5.56 Å². The Hall–Kier alpha value is -2.68. The Morgan fingerprint density at radius 2 is 1.96 bits per heavy atom. The molecule has 0 saturated carbocycles. The minimum absolute atomic E-state index is 0.372. The third kappa shape index (κ3) is 4.54. The summed E-state index contributed by atoms with van der Waals surface area (Å²) < 4.78 is 28.0. The van der Waals surface area contributed by atoms with Gasteiger partial charge in [-0.25, -0.2) is 0 Å². The molecule has 27 heavy (non-hydrogen) atoms. The Kier molecular flexibility index (Phi) is 5.90. The summed E-state index contributed by atoms with van der Waals surface area (Å²) in [6.45, 7) is 0.372. The first kappa shape index (κ1) is 19.1. The average Bonchev–Trinajstić information content (AvgIpc) is 3.11. The summed E-state index contributed by atoms with van der Waals surface area (Å²) in [7, 11) is 5.04. The normalized spacial score (nSPS) is 12.0. The number of nitrogens with two attached hydrogens (primary N) is 1. The van der Waals surface area contributed by atoms with Crippen LogP contribution in [-0.4, -0.2) is 28.6 Å². The summed E-state index contributed by atoms with van der Waals surface area (Å²) in [6.07, 6.45) is 3.63. The van der Waals surface area contributed by atoms with Crippen molar-refractivity contribution >= 4 is 17.0 Å². The van der Waals surface area contributed by atoms with Gasteiger partial charge < -0.3 is 19.8 Å². The van der Waals surface area contributed by atoms with E-state index < -0.39 is 11.4 Å². The number of hydrogen-bond acceptors (Lipinski definition) is 6. The fourth-order valence-electron chi connectivity index (χ4n) is 2.69. The van der Waals surface area contributed by atoms with Gasteiger partial charge in [0.05, 0.1) is 38.3 Å². The number of aromatic nitrogens is 2. The second-order valence-corrected chi connectivity index (χ2v) is 7.26. The van der Waals surface area contributed by atoms with Crippen molar-refractivity contribution in [3.63, 3.8) is 0 Å². The smallest absolute Gasteiger partial charge is 0.176 e. The van der Waals surface area contributed by atoms with E-state index in [4.69, 9.17) is 15.2 Å². The molecular weight excluding hydrogens is 364 g/mol. The number of methoxy groups -OCH3 is 2. The lowest BCUT2D eigenvalue weighted by Crippen LogP contribution is -2.23. The van der Waals surface area contributed by atoms with Gasteiger partial charge in [-0.05, 0) is 17.7 Å². The molecule has 0 aliphatic heterocycles. The number of nitrogens with one attached hydrogen (secondary N) is 1.